The van der Waals surface area contributed by atoms with Crippen molar-refractivity contribution < 1.29 is 31.7 Å². The minimum absolute atomic E-state index is 0.0529. The number of H-pyrrole nitrogens is 1. The van der Waals surface area contributed by atoms with Crippen LogP contribution in [0.25, 0.3) is 0 Å². The van der Waals surface area contributed by atoms with Gasteiger partial charge in [0.25, 0.3) is 5.91 Å². The number of hydrogen-bond donors (Lipinski definition) is 3. The van der Waals surface area contributed by atoms with Crippen LogP contribution in [-0.4, -0.2) is 63.5 Å². The standard InChI is InChI=1S/C12H17N5O7S/c1-7-13-4-8(14-7)6-23-15-11(18)10-3-2-9-5-16(10)12(19)17(9)24-25(20,21)22/h4,9-10H,2-3,5-6H2,1H3,(H,13,14)(H,15,18)(H,20,21,22)/t9-,10+/m1/s1. The Balaban J connectivity index is 1.56. The normalized spacial score (nSPS) is 23.2. The van der Waals surface area contributed by atoms with Crippen LogP contribution in [0.2, 0.25) is 0 Å². The van der Waals surface area contributed by atoms with Crippen molar-refractivity contribution in [2.75, 3.05) is 6.54 Å². The molecule has 0 unspecified atom stereocenters. The second-order valence-electron chi connectivity index (χ2n) is 5.74. The van der Waals surface area contributed by atoms with Crippen molar-refractivity contribution in [3.8, 4) is 0 Å². The van der Waals surface area contributed by atoms with E-state index in [2.05, 4.69) is 19.7 Å². The maximum absolute atomic E-state index is 12.2. The van der Waals surface area contributed by atoms with Crippen molar-refractivity contribution in [2.45, 2.75) is 38.5 Å². The fourth-order valence-corrected chi connectivity index (χ4v) is 3.28. The minimum atomic E-state index is -4.82. The van der Waals surface area contributed by atoms with Crippen molar-refractivity contribution in [2.24, 2.45) is 0 Å². The molecule has 25 heavy (non-hydrogen) atoms. The first-order valence-corrected chi connectivity index (χ1v) is 8.80. The molecule has 13 heteroatoms. The lowest BCUT2D eigenvalue weighted by Crippen LogP contribution is -2.49. The summed E-state index contributed by atoms with van der Waals surface area (Å²) in [5.74, 6) is 0.178. The Kier molecular flexibility index (Phi) is 4.64. The highest BCUT2D eigenvalue weighted by atomic mass is 32.3. The molecule has 3 N–H and O–H groups in total. The number of nitrogens with one attached hydrogen (secondary N) is 2. The third-order valence-corrected chi connectivity index (χ3v) is 4.30. The number of rotatable bonds is 6. The number of hydroxylamine groups is 3. The van der Waals surface area contributed by atoms with Gasteiger partial charge in [0, 0.05) is 12.7 Å². The van der Waals surface area contributed by atoms with E-state index in [1.165, 1.54) is 4.90 Å². The Morgan fingerprint density at radius 1 is 1.52 bits per heavy atom. The van der Waals surface area contributed by atoms with Gasteiger partial charge in [-0.05, 0) is 19.8 Å². The van der Waals surface area contributed by atoms with Crippen LogP contribution in [0.5, 0.6) is 0 Å². The van der Waals surface area contributed by atoms with Crippen LogP contribution in [0, 0.1) is 6.92 Å². The van der Waals surface area contributed by atoms with Crippen LogP contribution in [0.4, 0.5) is 4.79 Å². The molecule has 3 heterocycles. The molecule has 0 spiro atoms. The molecule has 12 nitrogen and oxygen atoms in total. The molecular formula is C12H17N5O7S. The largest absolute Gasteiger partial charge is 0.418 e. The zero-order valence-electron chi connectivity index (χ0n) is 13.2. The van der Waals surface area contributed by atoms with Gasteiger partial charge in [0.05, 0.1) is 11.7 Å². The van der Waals surface area contributed by atoms with Crippen molar-refractivity contribution in [3.05, 3.63) is 17.7 Å². The van der Waals surface area contributed by atoms with Crippen LogP contribution >= 0.6 is 0 Å². The number of amides is 3. The third-order valence-electron chi connectivity index (χ3n) is 3.95. The van der Waals surface area contributed by atoms with E-state index < -0.39 is 34.4 Å². The molecule has 138 valence electrons. The van der Waals surface area contributed by atoms with Crippen molar-refractivity contribution in [1.82, 2.24) is 25.4 Å². The monoisotopic (exact) mass is 375 g/mol. The Bertz CT molecular complexity index is 779. The Labute approximate surface area is 142 Å². The fourth-order valence-electron chi connectivity index (χ4n) is 2.89. The molecule has 3 amide bonds. The summed E-state index contributed by atoms with van der Waals surface area (Å²) in [6.07, 6.45) is 2.29. The minimum Gasteiger partial charge on any atom is -0.348 e. The SMILES string of the molecule is Cc1nc(CONC(=O)[C@@H]2CC[C@@H]3CN2C(=O)N3OS(=O)(=O)O)c[nH]1. The number of hydrogen-bond acceptors (Lipinski definition) is 7. The Morgan fingerprint density at radius 3 is 2.92 bits per heavy atom. The van der Waals surface area contributed by atoms with Crippen LogP contribution in [0.15, 0.2) is 6.20 Å². The molecule has 0 radical (unpaired) electrons. The molecule has 1 aromatic heterocycles. The van der Waals surface area contributed by atoms with E-state index >= 15 is 0 Å². The zero-order valence-corrected chi connectivity index (χ0v) is 14.0. The van der Waals surface area contributed by atoms with Crippen LogP contribution in [0.3, 0.4) is 0 Å². The molecule has 2 atom stereocenters. The van der Waals surface area contributed by atoms with Crippen LogP contribution in [0.1, 0.15) is 24.4 Å². The Morgan fingerprint density at radius 2 is 2.28 bits per heavy atom. The van der Waals surface area contributed by atoms with Gasteiger partial charge in [-0.15, -0.1) is 4.28 Å². The average molecular weight is 375 g/mol. The molecule has 2 bridgehead atoms. The molecule has 2 aliphatic heterocycles. The number of aromatic nitrogens is 2. The molecule has 0 aliphatic carbocycles. The summed E-state index contributed by atoms with van der Waals surface area (Å²) >= 11 is 0. The van der Waals surface area contributed by atoms with E-state index in [-0.39, 0.29) is 13.2 Å². The van der Waals surface area contributed by atoms with E-state index in [1.54, 1.807) is 13.1 Å². The lowest BCUT2D eigenvalue weighted by molar-refractivity contribution is -0.140. The maximum atomic E-state index is 12.2. The van der Waals surface area contributed by atoms with Gasteiger partial charge in [-0.25, -0.2) is 15.3 Å². The summed E-state index contributed by atoms with van der Waals surface area (Å²) in [6.45, 7) is 1.95. The number of imidazole rings is 1. The molecule has 0 aromatic carbocycles. The summed E-state index contributed by atoms with van der Waals surface area (Å²) in [4.78, 5) is 37.7. The number of urea groups is 1. The predicted molar refractivity (Wildman–Crippen MR) is 79.6 cm³/mol. The van der Waals surface area contributed by atoms with Crippen LogP contribution in [-0.2, 0) is 30.9 Å². The van der Waals surface area contributed by atoms with E-state index in [9.17, 15) is 18.0 Å². The summed E-state index contributed by atoms with van der Waals surface area (Å²) in [5.41, 5.74) is 2.87. The van der Waals surface area contributed by atoms with E-state index in [0.717, 1.165) is 0 Å². The van der Waals surface area contributed by atoms with Gasteiger partial charge in [0.15, 0.2) is 0 Å². The number of aromatic amines is 1. The second-order valence-corrected chi connectivity index (χ2v) is 6.75. The number of carbonyl (C=O) groups is 2. The highest BCUT2D eigenvalue weighted by Crippen LogP contribution is 2.30. The highest BCUT2D eigenvalue weighted by molar-refractivity contribution is 7.80. The molecule has 1 aromatic rings. The van der Waals surface area contributed by atoms with Gasteiger partial charge in [0.1, 0.15) is 18.5 Å². The fraction of sp³-hybridized carbons (Fsp3) is 0.583. The highest BCUT2D eigenvalue weighted by Gasteiger charge is 2.49. The van der Waals surface area contributed by atoms with Gasteiger partial charge in [-0.2, -0.15) is 13.5 Å². The lowest BCUT2D eigenvalue weighted by Gasteiger charge is -2.28. The first-order chi connectivity index (χ1) is 11.7. The van der Waals surface area contributed by atoms with Gasteiger partial charge in [-0.3, -0.25) is 14.2 Å². The van der Waals surface area contributed by atoms with Gasteiger partial charge in [-0.1, -0.05) is 0 Å². The van der Waals surface area contributed by atoms with Crippen molar-refractivity contribution in [1.29, 1.82) is 0 Å². The number of carbonyl (C=O) groups excluding carboxylic acids is 2. The predicted octanol–water partition coefficient (Wildman–Crippen LogP) is -0.731. The third kappa shape index (κ3) is 3.89. The van der Waals surface area contributed by atoms with Crippen molar-refractivity contribution >= 4 is 22.3 Å². The summed E-state index contributed by atoms with van der Waals surface area (Å²) in [5, 5.41) is 0.579. The first kappa shape index (κ1) is 17.6. The molecule has 2 fully saturated rings. The second kappa shape index (κ2) is 6.59. The molecular weight excluding hydrogens is 358 g/mol. The topological polar surface area (TPSA) is 154 Å². The lowest BCUT2D eigenvalue weighted by atomic mass is 10.0. The quantitative estimate of drug-likeness (QED) is 0.434. The summed E-state index contributed by atoms with van der Waals surface area (Å²) in [7, 11) is -4.82. The molecule has 2 saturated heterocycles. The van der Waals surface area contributed by atoms with E-state index in [0.29, 0.717) is 29.4 Å². The van der Waals surface area contributed by atoms with Gasteiger partial charge >= 0.3 is 16.4 Å². The molecule has 3 rings (SSSR count). The van der Waals surface area contributed by atoms with Crippen molar-refractivity contribution in [3.63, 3.8) is 0 Å². The zero-order chi connectivity index (χ0) is 18.2. The van der Waals surface area contributed by atoms with Crippen LogP contribution < -0.4 is 5.48 Å². The number of nitrogens with zero attached hydrogens (tertiary/aromatic N) is 3. The average Bonchev–Trinajstić information content (AvgIpc) is 3.04. The number of piperidine rings is 1. The van der Waals surface area contributed by atoms with Gasteiger partial charge in [0.2, 0.25) is 0 Å². The summed E-state index contributed by atoms with van der Waals surface area (Å²) in [6, 6.07) is -2.17. The maximum Gasteiger partial charge on any atom is 0.418 e. The van der Waals surface area contributed by atoms with E-state index in [4.69, 9.17) is 9.39 Å². The number of aryl methyl sites for hydroxylation is 1. The van der Waals surface area contributed by atoms with E-state index in [1.807, 2.05) is 0 Å². The molecule has 0 saturated carbocycles. The summed E-state index contributed by atoms with van der Waals surface area (Å²) < 4.78 is 34.7. The molecule has 2 aliphatic rings. The van der Waals surface area contributed by atoms with Gasteiger partial charge < -0.3 is 9.88 Å². The smallest absolute Gasteiger partial charge is 0.348 e. The Hall–Kier alpha value is -2.22. The number of fused-ring (bicyclic) bond motifs is 2. The first-order valence-electron chi connectivity index (χ1n) is 7.44.